The first-order valence-corrected chi connectivity index (χ1v) is 9.05. The molecule has 0 atom stereocenters. The van der Waals surface area contributed by atoms with Crippen LogP contribution >= 0.6 is 11.8 Å². The number of amidine groups is 1. The molecular weight excluding hydrogens is 334 g/mol. The van der Waals surface area contributed by atoms with Crippen LogP contribution in [0.1, 0.15) is 11.1 Å². The Morgan fingerprint density at radius 2 is 1.88 bits per heavy atom. The molecule has 1 N–H and O–H groups in total. The Kier molecular flexibility index (Phi) is 5.95. The van der Waals surface area contributed by atoms with Crippen LogP contribution in [0.4, 0.5) is 0 Å². The maximum Gasteiger partial charge on any atom is 0.177 e. The molecule has 2 aromatic rings. The highest BCUT2D eigenvalue weighted by atomic mass is 32.2. The van der Waals surface area contributed by atoms with Gasteiger partial charge in [-0.25, -0.2) is 0 Å². The number of methoxy groups -OCH3 is 2. The number of rotatable bonds is 6. The van der Waals surface area contributed by atoms with E-state index in [4.69, 9.17) is 9.47 Å². The zero-order valence-corrected chi connectivity index (χ0v) is 15.2. The van der Waals surface area contributed by atoms with Crippen LogP contribution in [0.25, 0.3) is 0 Å². The van der Waals surface area contributed by atoms with Gasteiger partial charge in [0.05, 0.1) is 19.9 Å². The normalized spacial score (nSPS) is 15.4. The molecule has 6 heteroatoms. The molecular formula is C19H21N3O2S. The number of benzene rings is 2. The van der Waals surface area contributed by atoms with Crippen molar-refractivity contribution in [3.05, 3.63) is 59.7 Å². The SMILES string of the molecule is COc1ccc(CCN=C2NN=C(c3ccccc3)CS2)cc1OC. The lowest BCUT2D eigenvalue weighted by Crippen LogP contribution is -2.25. The average molecular weight is 355 g/mol. The van der Waals surface area contributed by atoms with Crippen LogP contribution in [0.2, 0.25) is 0 Å². The Labute approximate surface area is 152 Å². The number of nitrogens with zero attached hydrogens (tertiary/aromatic N) is 2. The van der Waals surface area contributed by atoms with E-state index < -0.39 is 0 Å². The van der Waals surface area contributed by atoms with Crippen molar-refractivity contribution < 1.29 is 9.47 Å². The minimum absolute atomic E-state index is 0.695. The van der Waals surface area contributed by atoms with Gasteiger partial charge in [0.2, 0.25) is 0 Å². The number of hydrazone groups is 1. The third-order valence-electron chi connectivity index (χ3n) is 3.84. The van der Waals surface area contributed by atoms with Gasteiger partial charge in [-0.15, -0.1) is 0 Å². The molecule has 0 spiro atoms. The lowest BCUT2D eigenvalue weighted by Gasteiger charge is -2.15. The van der Waals surface area contributed by atoms with E-state index in [1.54, 1.807) is 26.0 Å². The molecule has 3 rings (SSSR count). The van der Waals surface area contributed by atoms with Crippen LogP contribution in [-0.2, 0) is 6.42 Å². The molecule has 25 heavy (non-hydrogen) atoms. The third kappa shape index (κ3) is 4.54. The summed E-state index contributed by atoms with van der Waals surface area (Å²) in [4.78, 5) is 4.59. The van der Waals surface area contributed by atoms with Crippen LogP contribution in [0.15, 0.2) is 58.6 Å². The van der Waals surface area contributed by atoms with Gasteiger partial charge in [0.25, 0.3) is 0 Å². The first-order chi connectivity index (χ1) is 12.3. The van der Waals surface area contributed by atoms with E-state index in [0.29, 0.717) is 6.54 Å². The predicted octanol–water partition coefficient (Wildman–Crippen LogP) is 3.34. The lowest BCUT2D eigenvalue weighted by atomic mass is 10.1. The topological polar surface area (TPSA) is 55.2 Å². The molecule has 1 aliphatic heterocycles. The van der Waals surface area contributed by atoms with E-state index in [2.05, 4.69) is 27.7 Å². The van der Waals surface area contributed by atoms with Crippen LogP contribution < -0.4 is 14.9 Å². The van der Waals surface area contributed by atoms with E-state index >= 15 is 0 Å². The summed E-state index contributed by atoms with van der Waals surface area (Å²) < 4.78 is 10.6. The zero-order valence-electron chi connectivity index (χ0n) is 14.4. The van der Waals surface area contributed by atoms with Gasteiger partial charge in [-0.3, -0.25) is 10.4 Å². The van der Waals surface area contributed by atoms with Gasteiger partial charge in [0.1, 0.15) is 0 Å². The standard InChI is InChI=1S/C19H21N3O2S/c1-23-17-9-8-14(12-18(17)24-2)10-11-20-19-22-21-16(13-25-19)15-6-4-3-5-7-15/h3-9,12H,10-11,13H2,1-2H3,(H,20,22). The van der Waals surface area contributed by atoms with Crippen molar-refractivity contribution in [1.29, 1.82) is 0 Å². The fourth-order valence-corrected chi connectivity index (χ4v) is 3.30. The summed E-state index contributed by atoms with van der Waals surface area (Å²) in [5, 5.41) is 5.30. The summed E-state index contributed by atoms with van der Waals surface area (Å²) in [6.07, 6.45) is 0.835. The summed E-state index contributed by atoms with van der Waals surface area (Å²) in [6.45, 7) is 0.695. The molecule has 0 saturated heterocycles. The minimum atomic E-state index is 0.695. The Morgan fingerprint density at radius 3 is 2.56 bits per heavy atom. The van der Waals surface area contributed by atoms with Gasteiger partial charge in [0, 0.05) is 12.3 Å². The van der Waals surface area contributed by atoms with E-state index in [1.165, 1.54) is 0 Å². The fraction of sp³-hybridized carbons (Fsp3) is 0.263. The second-order valence-electron chi connectivity index (χ2n) is 5.45. The molecule has 1 aliphatic rings. The number of ether oxygens (including phenoxy) is 2. The molecule has 130 valence electrons. The largest absolute Gasteiger partial charge is 0.493 e. The van der Waals surface area contributed by atoms with Crippen LogP contribution in [-0.4, -0.2) is 37.4 Å². The van der Waals surface area contributed by atoms with Gasteiger partial charge >= 0.3 is 0 Å². The highest BCUT2D eigenvalue weighted by Crippen LogP contribution is 2.27. The second-order valence-corrected chi connectivity index (χ2v) is 6.42. The van der Waals surface area contributed by atoms with E-state index in [-0.39, 0.29) is 0 Å². The maximum atomic E-state index is 5.33. The zero-order chi connectivity index (χ0) is 17.5. The summed E-state index contributed by atoms with van der Waals surface area (Å²) in [6, 6.07) is 16.1. The number of hydrogen-bond acceptors (Lipinski definition) is 5. The van der Waals surface area contributed by atoms with Crippen molar-refractivity contribution in [3.8, 4) is 11.5 Å². The molecule has 0 aromatic heterocycles. The predicted molar refractivity (Wildman–Crippen MR) is 104 cm³/mol. The van der Waals surface area contributed by atoms with Crippen LogP contribution in [0.3, 0.4) is 0 Å². The van der Waals surface area contributed by atoms with Crippen molar-refractivity contribution in [2.24, 2.45) is 10.1 Å². The Balaban J connectivity index is 1.56. The molecule has 0 amide bonds. The molecule has 0 aliphatic carbocycles. The molecule has 1 heterocycles. The van der Waals surface area contributed by atoms with Crippen molar-refractivity contribution in [2.75, 3.05) is 26.5 Å². The smallest absolute Gasteiger partial charge is 0.177 e. The molecule has 0 unspecified atom stereocenters. The first-order valence-electron chi connectivity index (χ1n) is 8.06. The van der Waals surface area contributed by atoms with Gasteiger partial charge in [0.15, 0.2) is 16.7 Å². The monoisotopic (exact) mass is 355 g/mol. The second kappa shape index (κ2) is 8.58. The van der Waals surface area contributed by atoms with Crippen molar-refractivity contribution in [2.45, 2.75) is 6.42 Å². The van der Waals surface area contributed by atoms with E-state index in [9.17, 15) is 0 Å². The summed E-state index contributed by atoms with van der Waals surface area (Å²) in [5.41, 5.74) is 6.41. The highest BCUT2D eigenvalue weighted by Gasteiger charge is 2.12. The van der Waals surface area contributed by atoms with Crippen molar-refractivity contribution in [3.63, 3.8) is 0 Å². The number of hydrogen-bond donors (Lipinski definition) is 1. The number of thioether (sulfide) groups is 1. The molecule has 2 aromatic carbocycles. The quantitative estimate of drug-likeness (QED) is 0.863. The van der Waals surface area contributed by atoms with Crippen molar-refractivity contribution in [1.82, 2.24) is 5.43 Å². The van der Waals surface area contributed by atoms with Crippen LogP contribution in [0.5, 0.6) is 11.5 Å². The van der Waals surface area contributed by atoms with Gasteiger partial charge in [-0.05, 0) is 29.7 Å². The highest BCUT2D eigenvalue weighted by molar-refractivity contribution is 8.14. The molecule has 0 bridgehead atoms. The minimum Gasteiger partial charge on any atom is -0.493 e. The van der Waals surface area contributed by atoms with Crippen LogP contribution in [0, 0.1) is 0 Å². The van der Waals surface area contributed by atoms with E-state index in [0.717, 1.165) is 45.7 Å². The van der Waals surface area contributed by atoms with Gasteiger partial charge < -0.3 is 9.47 Å². The van der Waals surface area contributed by atoms with Crippen molar-refractivity contribution >= 4 is 22.6 Å². The summed E-state index contributed by atoms with van der Waals surface area (Å²) >= 11 is 1.68. The van der Waals surface area contributed by atoms with E-state index in [1.807, 2.05) is 36.4 Å². The fourth-order valence-electron chi connectivity index (χ4n) is 2.50. The Hall–Kier alpha value is -2.47. The Morgan fingerprint density at radius 1 is 1.08 bits per heavy atom. The molecule has 0 saturated carbocycles. The third-order valence-corrected chi connectivity index (χ3v) is 4.75. The Bertz CT molecular complexity index is 775. The molecule has 5 nitrogen and oxygen atoms in total. The number of aliphatic imine (C=N–C) groups is 1. The maximum absolute atomic E-state index is 5.33. The number of nitrogens with one attached hydrogen (secondary N) is 1. The van der Waals surface area contributed by atoms with Gasteiger partial charge in [-0.1, -0.05) is 48.2 Å². The molecule has 0 radical (unpaired) electrons. The first kappa shape index (κ1) is 17.4. The lowest BCUT2D eigenvalue weighted by molar-refractivity contribution is 0.354. The molecule has 0 fully saturated rings. The van der Waals surface area contributed by atoms with Gasteiger partial charge in [-0.2, -0.15) is 5.10 Å². The summed E-state index contributed by atoms with van der Waals surface area (Å²) in [7, 11) is 3.28. The average Bonchev–Trinajstić information content (AvgIpc) is 2.69. The summed E-state index contributed by atoms with van der Waals surface area (Å²) in [5.74, 6) is 2.31.